The first-order valence-electron chi connectivity index (χ1n) is 9.04. The fourth-order valence-electron chi connectivity index (χ4n) is 2.91. The number of para-hydroxylation sites is 1. The average Bonchev–Trinajstić information content (AvgIpc) is 2.74. The van der Waals surface area contributed by atoms with E-state index in [1.54, 1.807) is 14.2 Å². The summed E-state index contributed by atoms with van der Waals surface area (Å²) in [5, 5.41) is 0. The van der Waals surface area contributed by atoms with Gasteiger partial charge in [-0.05, 0) is 30.3 Å². The molecule has 0 aromatic heterocycles. The second-order valence-electron chi connectivity index (χ2n) is 6.05. The van der Waals surface area contributed by atoms with Gasteiger partial charge in [-0.1, -0.05) is 24.1 Å². The molecule has 146 valence electrons. The molecule has 2 aromatic rings. The van der Waals surface area contributed by atoms with Gasteiger partial charge in [0.25, 0.3) is 0 Å². The number of rotatable bonds is 8. The minimum Gasteiger partial charge on any atom is -0.475 e. The summed E-state index contributed by atoms with van der Waals surface area (Å²) in [7, 11) is 3.27. The summed E-state index contributed by atoms with van der Waals surface area (Å²) in [6.45, 7) is 1.74. The number of aliphatic imine (C=N–C) groups is 1. The summed E-state index contributed by atoms with van der Waals surface area (Å²) < 4.78 is 22.1. The molecule has 1 atom stereocenters. The van der Waals surface area contributed by atoms with Crippen LogP contribution in [0.3, 0.4) is 0 Å². The van der Waals surface area contributed by atoms with E-state index in [9.17, 15) is 0 Å². The topological polar surface area (TPSA) is 52.5 Å². The second-order valence-corrected chi connectivity index (χ2v) is 6.05. The molecule has 0 spiro atoms. The van der Waals surface area contributed by atoms with E-state index >= 15 is 0 Å². The van der Waals surface area contributed by atoms with E-state index in [2.05, 4.69) is 5.92 Å². The fraction of sp³-hybridized carbons (Fsp3) is 0.318. The molecule has 1 aliphatic heterocycles. The van der Waals surface area contributed by atoms with Crippen LogP contribution in [0.2, 0.25) is 0 Å². The SMILES string of the molecule is C#Cc1cccc(N2c3ccccc3C(OCCOC)=NC2OCCOC)c1. The molecule has 1 unspecified atom stereocenters. The van der Waals surface area contributed by atoms with Gasteiger partial charge in [0, 0.05) is 25.5 Å². The Bertz CT molecular complexity index is 860. The molecule has 1 aliphatic rings. The van der Waals surface area contributed by atoms with Gasteiger partial charge in [0.15, 0.2) is 0 Å². The van der Waals surface area contributed by atoms with Crippen LogP contribution < -0.4 is 4.90 Å². The van der Waals surface area contributed by atoms with Gasteiger partial charge < -0.3 is 18.9 Å². The Morgan fingerprint density at radius 3 is 2.57 bits per heavy atom. The number of nitrogens with zero attached hydrogens (tertiary/aromatic N) is 2. The lowest BCUT2D eigenvalue weighted by molar-refractivity contribution is 0.0226. The zero-order valence-corrected chi connectivity index (χ0v) is 16.1. The summed E-state index contributed by atoms with van der Waals surface area (Å²) in [6.07, 6.45) is 4.99. The van der Waals surface area contributed by atoms with Crippen LogP contribution in [-0.4, -0.2) is 52.9 Å². The zero-order chi connectivity index (χ0) is 19.8. The van der Waals surface area contributed by atoms with Crippen LogP contribution >= 0.6 is 0 Å². The summed E-state index contributed by atoms with van der Waals surface area (Å²) in [5.41, 5.74) is 3.50. The number of hydrogen-bond acceptors (Lipinski definition) is 6. The number of fused-ring (bicyclic) bond motifs is 1. The monoisotopic (exact) mass is 380 g/mol. The van der Waals surface area contributed by atoms with Crippen molar-refractivity contribution in [1.82, 2.24) is 0 Å². The van der Waals surface area contributed by atoms with Gasteiger partial charge >= 0.3 is 0 Å². The molecule has 28 heavy (non-hydrogen) atoms. The highest BCUT2D eigenvalue weighted by Crippen LogP contribution is 2.36. The van der Waals surface area contributed by atoms with Gasteiger partial charge in [-0.3, -0.25) is 4.90 Å². The number of hydrogen-bond donors (Lipinski definition) is 0. The average molecular weight is 380 g/mol. The molecule has 0 saturated heterocycles. The third-order valence-corrected chi connectivity index (χ3v) is 4.21. The minimum absolute atomic E-state index is 0.392. The maximum Gasteiger partial charge on any atom is 0.236 e. The van der Waals surface area contributed by atoms with E-state index in [1.807, 2.05) is 53.4 Å². The van der Waals surface area contributed by atoms with Crippen molar-refractivity contribution in [3.05, 3.63) is 59.7 Å². The van der Waals surface area contributed by atoms with Crippen molar-refractivity contribution in [2.75, 3.05) is 45.5 Å². The Hall–Kier alpha value is -2.85. The van der Waals surface area contributed by atoms with Crippen molar-refractivity contribution in [2.45, 2.75) is 6.35 Å². The Morgan fingerprint density at radius 1 is 1.00 bits per heavy atom. The summed E-state index contributed by atoms with van der Waals surface area (Å²) in [4.78, 5) is 6.72. The first-order chi connectivity index (χ1) is 13.8. The van der Waals surface area contributed by atoms with Gasteiger partial charge in [0.05, 0.1) is 31.1 Å². The number of ether oxygens (including phenoxy) is 4. The quantitative estimate of drug-likeness (QED) is 0.520. The van der Waals surface area contributed by atoms with Gasteiger partial charge in [-0.2, -0.15) is 4.99 Å². The molecule has 6 nitrogen and oxygen atoms in total. The van der Waals surface area contributed by atoms with Crippen molar-refractivity contribution in [3.63, 3.8) is 0 Å². The van der Waals surface area contributed by atoms with Crippen molar-refractivity contribution < 1.29 is 18.9 Å². The second kappa shape index (κ2) is 9.90. The van der Waals surface area contributed by atoms with E-state index in [0.29, 0.717) is 32.3 Å². The molecular weight excluding hydrogens is 356 g/mol. The molecule has 0 radical (unpaired) electrons. The first kappa shape index (κ1) is 19.9. The van der Waals surface area contributed by atoms with Crippen LogP contribution in [0.1, 0.15) is 11.1 Å². The van der Waals surface area contributed by atoms with E-state index in [4.69, 9.17) is 30.4 Å². The lowest BCUT2D eigenvalue weighted by Crippen LogP contribution is -2.38. The largest absolute Gasteiger partial charge is 0.475 e. The third kappa shape index (κ3) is 4.52. The maximum absolute atomic E-state index is 6.01. The highest BCUT2D eigenvalue weighted by Gasteiger charge is 2.30. The maximum atomic E-state index is 6.01. The summed E-state index contributed by atoms with van der Waals surface area (Å²) >= 11 is 0. The Morgan fingerprint density at radius 2 is 1.79 bits per heavy atom. The van der Waals surface area contributed by atoms with Crippen LogP contribution in [0.4, 0.5) is 11.4 Å². The number of methoxy groups -OCH3 is 2. The van der Waals surface area contributed by atoms with Crippen LogP contribution in [-0.2, 0) is 18.9 Å². The highest BCUT2D eigenvalue weighted by atomic mass is 16.6. The third-order valence-electron chi connectivity index (χ3n) is 4.21. The predicted molar refractivity (Wildman–Crippen MR) is 109 cm³/mol. The van der Waals surface area contributed by atoms with Crippen LogP contribution in [0.5, 0.6) is 0 Å². The van der Waals surface area contributed by atoms with Gasteiger partial charge in [-0.15, -0.1) is 6.42 Å². The van der Waals surface area contributed by atoms with E-state index in [0.717, 1.165) is 22.5 Å². The summed E-state index contributed by atoms with van der Waals surface area (Å²) in [5.74, 6) is 3.21. The van der Waals surface area contributed by atoms with E-state index in [-0.39, 0.29) is 0 Å². The number of benzene rings is 2. The fourth-order valence-corrected chi connectivity index (χ4v) is 2.91. The molecule has 0 aliphatic carbocycles. The molecule has 0 saturated carbocycles. The van der Waals surface area contributed by atoms with Crippen molar-refractivity contribution >= 4 is 17.3 Å². The Kier molecular flexibility index (Phi) is 7.04. The van der Waals surface area contributed by atoms with Gasteiger partial charge in [-0.25, -0.2) is 0 Å². The smallest absolute Gasteiger partial charge is 0.236 e. The number of anilines is 2. The lowest BCUT2D eigenvalue weighted by Gasteiger charge is -2.36. The molecule has 0 bridgehead atoms. The minimum atomic E-state index is -0.601. The van der Waals surface area contributed by atoms with Gasteiger partial charge in [0.2, 0.25) is 12.2 Å². The Labute approximate surface area is 165 Å². The molecule has 0 fully saturated rings. The standard InChI is InChI=1S/C22H24N2O4/c1-4-17-8-7-9-18(16-17)24-20-11-6-5-10-19(20)21(27-14-12-25-2)23-22(24)28-15-13-26-3/h1,5-11,16,22H,12-15H2,2-3H3. The first-order valence-corrected chi connectivity index (χ1v) is 9.04. The van der Waals surface area contributed by atoms with Crippen molar-refractivity contribution in [1.29, 1.82) is 0 Å². The van der Waals surface area contributed by atoms with Gasteiger partial charge in [0.1, 0.15) is 6.61 Å². The zero-order valence-electron chi connectivity index (χ0n) is 16.1. The normalized spacial score (nSPS) is 15.5. The molecule has 6 heteroatoms. The van der Waals surface area contributed by atoms with Crippen LogP contribution in [0.15, 0.2) is 53.5 Å². The van der Waals surface area contributed by atoms with E-state index in [1.165, 1.54) is 0 Å². The molecule has 2 aromatic carbocycles. The van der Waals surface area contributed by atoms with Crippen molar-refractivity contribution in [2.24, 2.45) is 4.99 Å². The van der Waals surface area contributed by atoms with Crippen LogP contribution in [0.25, 0.3) is 0 Å². The highest BCUT2D eigenvalue weighted by molar-refractivity contribution is 6.02. The number of terminal acetylenes is 1. The molecule has 1 heterocycles. The Balaban J connectivity index is 2.01. The molecular formula is C22H24N2O4. The molecule has 0 amide bonds. The predicted octanol–water partition coefficient (Wildman–Crippen LogP) is 3.18. The molecule has 0 N–H and O–H groups in total. The van der Waals surface area contributed by atoms with E-state index < -0.39 is 6.35 Å². The van der Waals surface area contributed by atoms with Crippen LogP contribution in [0, 0.1) is 12.3 Å². The lowest BCUT2D eigenvalue weighted by atomic mass is 10.1. The van der Waals surface area contributed by atoms with Crippen molar-refractivity contribution in [3.8, 4) is 12.3 Å². The molecule has 3 rings (SSSR count). The summed E-state index contributed by atoms with van der Waals surface area (Å²) in [6, 6.07) is 15.7.